The summed E-state index contributed by atoms with van der Waals surface area (Å²) in [6.45, 7) is 3.76. The summed E-state index contributed by atoms with van der Waals surface area (Å²) in [4.78, 5) is 24.3. The molecule has 0 bridgehead atoms. The Balaban J connectivity index is 1.41. The first kappa shape index (κ1) is 25.8. The number of nitrogens with one attached hydrogen (secondary N) is 1. The fourth-order valence-electron chi connectivity index (χ4n) is 3.62. The molecule has 1 aromatic heterocycles. The molecule has 3 aromatic carbocycles. The quantitative estimate of drug-likeness (QED) is 0.250. The maximum absolute atomic E-state index is 12.6. The molecular weight excluding hydrogens is 496 g/mol. The maximum Gasteiger partial charge on any atom is 0.412 e. The number of aryl methyl sites for hydroxylation is 1. The SMILES string of the molecule is COC(=O)c1cccc(OCc2ccc(-c3onc(C)c3NC(=O)OC(C)c3ccccc3Cl)cc2)c1. The molecule has 1 N–H and O–H groups in total. The van der Waals surface area contributed by atoms with E-state index < -0.39 is 18.2 Å². The van der Waals surface area contributed by atoms with E-state index in [0.29, 0.717) is 44.6 Å². The van der Waals surface area contributed by atoms with Gasteiger partial charge in [-0.3, -0.25) is 5.32 Å². The van der Waals surface area contributed by atoms with Crippen LogP contribution in [0.5, 0.6) is 5.75 Å². The van der Waals surface area contributed by atoms with Crippen LogP contribution in [0, 0.1) is 6.92 Å². The van der Waals surface area contributed by atoms with Crippen LogP contribution in [0.4, 0.5) is 10.5 Å². The smallest absolute Gasteiger partial charge is 0.412 e. The van der Waals surface area contributed by atoms with Gasteiger partial charge in [0, 0.05) is 16.1 Å². The molecule has 4 rings (SSSR count). The van der Waals surface area contributed by atoms with E-state index in [1.807, 2.05) is 36.4 Å². The van der Waals surface area contributed by atoms with Crippen molar-refractivity contribution in [2.45, 2.75) is 26.6 Å². The van der Waals surface area contributed by atoms with Crippen molar-refractivity contribution in [1.82, 2.24) is 5.16 Å². The number of ether oxygens (including phenoxy) is 3. The largest absolute Gasteiger partial charge is 0.489 e. The van der Waals surface area contributed by atoms with Crippen LogP contribution in [-0.4, -0.2) is 24.3 Å². The zero-order chi connectivity index (χ0) is 26.4. The molecule has 4 aromatic rings. The lowest BCUT2D eigenvalue weighted by atomic mass is 10.1. The molecule has 1 heterocycles. The van der Waals surface area contributed by atoms with Gasteiger partial charge in [-0.05, 0) is 43.7 Å². The van der Waals surface area contributed by atoms with Gasteiger partial charge < -0.3 is 18.7 Å². The minimum Gasteiger partial charge on any atom is -0.489 e. The topological polar surface area (TPSA) is 99.9 Å². The molecule has 0 aliphatic carbocycles. The van der Waals surface area contributed by atoms with Gasteiger partial charge in [-0.1, -0.05) is 65.3 Å². The van der Waals surface area contributed by atoms with Crippen molar-refractivity contribution >= 4 is 29.4 Å². The summed E-state index contributed by atoms with van der Waals surface area (Å²) in [5, 5.41) is 7.25. The highest BCUT2D eigenvalue weighted by Crippen LogP contribution is 2.32. The fourth-order valence-corrected chi connectivity index (χ4v) is 3.91. The third kappa shape index (κ3) is 6.29. The molecule has 0 radical (unpaired) electrons. The summed E-state index contributed by atoms with van der Waals surface area (Å²) >= 11 is 6.21. The van der Waals surface area contributed by atoms with Gasteiger partial charge in [0.15, 0.2) is 5.76 Å². The molecule has 1 amide bonds. The lowest BCUT2D eigenvalue weighted by Gasteiger charge is -2.15. The second-order valence-electron chi connectivity index (χ2n) is 8.17. The first-order chi connectivity index (χ1) is 17.9. The van der Waals surface area contributed by atoms with Gasteiger partial charge in [0.2, 0.25) is 0 Å². The predicted octanol–water partition coefficient (Wildman–Crippen LogP) is 6.98. The molecule has 8 nitrogen and oxygen atoms in total. The maximum atomic E-state index is 12.6. The lowest BCUT2D eigenvalue weighted by molar-refractivity contribution is 0.0600. The van der Waals surface area contributed by atoms with Crippen LogP contribution >= 0.6 is 11.6 Å². The minimum atomic E-state index is -0.654. The van der Waals surface area contributed by atoms with Crippen molar-refractivity contribution in [1.29, 1.82) is 0 Å². The third-order valence-electron chi connectivity index (χ3n) is 5.59. The molecule has 0 fully saturated rings. The summed E-state index contributed by atoms with van der Waals surface area (Å²) in [5.74, 6) is 0.524. The zero-order valence-electron chi connectivity index (χ0n) is 20.5. The van der Waals surface area contributed by atoms with E-state index in [1.54, 1.807) is 50.2 Å². The summed E-state index contributed by atoms with van der Waals surface area (Å²) in [5.41, 5.74) is 3.65. The van der Waals surface area contributed by atoms with Gasteiger partial charge >= 0.3 is 12.1 Å². The van der Waals surface area contributed by atoms with E-state index in [0.717, 1.165) is 5.56 Å². The molecule has 1 unspecified atom stereocenters. The van der Waals surface area contributed by atoms with Crippen LogP contribution in [0.25, 0.3) is 11.3 Å². The van der Waals surface area contributed by atoms with Gasteiger partial charge in [-0.25, -0.2) is 9.59 Å². The van der Waals surface area contributed by atoms with Gasteiger partial charge in [0.05, 0.1) is 12.7 Å². The second-order valence-corrected chi connectivity index (χ2v) is 8.58. The Bertz CT molecular complexity index is 1400. The van der Waals surface area contributed by atoms with Crippen molar-refractivity contribution in [2.75, 3.05) is 12.4 Å². The van der Waals surface area contributed by atoms with E-state index in [2.05, 4.69) is 10.5 Å². The fraction of sp³-hybridized carbons (Fsp3) is 0.179. The molecular formula is C28H25ClN2O6. The van der Waals surface area contributed by atoms with Gasteiger partial charge in [-0.15, -0.1) is 0 Å². The monoisotopic (exact) mass is 520 g/mol. The number of aromatic nitrogens is 1. The molecule has 0 aliphatic heterocycles. The van der Waals surface area contributed by atoms with Crippen molar-refractivity contribution < 1.29 is 28.3 Å². The zero-order valence-corrected chi connectivity index (χ0v) is 21.2. The number of hydrogen-bond donors (Lipinski definition) is 1. The van der Waals surface area contributed by atoms with Crippen LogP contribution in [0.15, 0.2) is 77.3 Å². The first-order valence-electron chi connectivity index (χ1n) is 11.4. The molecule has 0 saturated heterocycles. The van der Waals surface area contributed by atoms with E-state index in [9.17, 15) is 9.59 Å². The first-order valence-corrected chi connectivity index (χ1v) is 11.8. The van der Waals surface area contributed by atoms with E-state index in [1.165, 1.54) is 7.11 Å². The van der Waals surface area contributed by atoms with Crippen LogP contribution in [-0.2, 0) is 16.1 Å². The number of carbonyl (C=O) groups excluding carboxylic acids is 2. The molecule has 0 aliphatic rings. The Morgan fingerprint density at radius 1 is 1.05 bits per heavy atom. The molecule has 37 heavy (non-hydrogen) atoms. The summed E-state index contributed by atoms with van der Waals surface area (Å²) < 4.78 is 21.5. The van der Waals surface area contributed by atoms with Crippen molar-refractivity contribution in [2.24, 2.45) is 0 Å². The van der Waals surface area contributed by atoms with Gasteiger partial charge in [-0.2, -0.15) is 0 Å². The Labute approximate surface area is 219 Å². The number of benzene rings is 3. The van der Waals surface area contributed by atoms with Crippen LogP contribution in [0.1, 0.15) is 40.2 Å². The third-order valence-corrected chi connectivity index (χ3v) is 5.94. The minimum absolute atomic E-state index is 0.289. The number of halogens is 1. The van der Waals surface area contributed by atoms with Crippen molar-refractivity contribution in [3.05, 3.63) is 100 Å². The molecule has 0 spiro atoms. The molecule has 190 valence electrons. The Hall–Kier alpha value is -4.30. The number of anilines is 1. The highest BCUT2D eigenvalue weighted by Gasteiger charge is 2.20. The Kier molecular flexibility index (Phi) is 8.10. The van der Waals surface area contributed by atoms with E-state index in [4.69, 9.17) is 30.3 Å². The number of methoxy groups -OCH3 is 1. The van der Waals surface area contributed by atoms with Crippen molar-refractivity contribution in [3.63, 3.8) is 0 Å². The molecule has 9 heteroatoms. The molecule has 1 atom stereocenters. The Morgan fingerprint density at radius 2 is 1.81 bits per heavy atom. The number of amides is 1. The summed E-state index contributed by atoms with van der Waals surface area (Å²) in [7, 11) is 1.33. The highest BCUT2D eigenvalue weighted by atomic mass is 35.5. The van der Waals surface area contributed by atoms with Crippen LogP contribution in [0.2, 0.25) is 5.02 Å². The average molecular weight is 521 g/mol. The number of hydrogen-bond acceptors (Lipinski definition) is 7. The van der Waals surface area contributed by atoms with Crippen LogP contribution in [0.3, 0.4) is 0 Å². The van der Waals surface area contributed by atoms with Gasteiger partial charge in [0.1, 0.15) is 29.8 Å². The summed E-state index contributed by atoms with van der Waals surface area (Å²) in [6, 6.07) is 21.4. The standard InChI is InChI=1S/C28H25ClN2O6/c1-17-25(30-28(33)36-18(2)23-9-4-5-10-24(23)29)26(37-31-17)20-13-11-19(12-14-20)16-35-22-8-6-7-21(15-22)27(32)34-3/h4-15,18H,16H2,1-3H3,(H,30,33). The van der Waals surface area contributed by atoms with E-state index in [-0.39, 0.29) is 6.61 Å². The highest BCUT2D eigenvalue weighted by molar-refractivity contribution is 6.31. The predicted molar refractivity (Wildman–Crippen MR) is 139 cm³/mol. The number of carbonyl (C=O) groups is 2. The number of esters is 1. The van der Waals surface area contributed by atoms with Crippen molar-refractivity contribution in [3.8, 4) is 17.1 Å². The lowest BCUT2D eigenvalue weighted by Crippen LogP contribution is -2.17. The average Bonchev–Trinajstić information content (AvgIpc) is 3.27. The summed E-state index contributed by atoms with van der Waals surface area (Å²) in [6.07, 6.45) is -1.20. The number of rotatable bonds is 8. The normalized spacial score (nSPS) is 11.5. The Morgan fingerprint density at radius 3 is 2.54 bits per heavy atom. The van der Waals surface area contributed by atoms with Gasteiger partial charge in [0.25, 0.3) is 0 Å². The molecule has 0 saturated carbocycles. The van der Waals surface area contributed by atoms with Crippen LogP contribution < -0.4 is 10.1 Å². The van der Waals surface area contributed by atoms with E-state index >= 15 is 0 Å². The number of nitrogens with zero attached hydrogens (tertiary/aromatic N) is 1. The second kappa shape index (κ2) is 11.6.